The zero-order valence-corrected chi connectivity index (χ0v) is 30.8. The number of carboxylic acid groups (broad SMARTS) is 1. The van der Waals surface area contributed by atoms with Crippen molar-refractivity contribution < 1.29 is 27.5 Å². The average Bonchev–Trinajstić information content (AvgIpc) is 3.57. The van der Waals surface area contributed by atoms with E-state index in [0.717, 1.165) is 108 Å². The van der Waals surface area contributed by atoms with E-state index in [1.54, 1.807) is 18.2 Å². The molecular formula is C40H49FN6O5S. The van der Waals surface area contributed by atoms with Crippen molar-refractivity contribution in [1.29, 1.82) is 0 Å². The fourth-order valence-electron chi connectivity index (χ4n) is 9.38. The predicted octanol–water partition coefficient (Wildman–Crippen LogP) is 5.41. The number of carbonyl (C=O) groups is 2. The molecule has 11 nitrogen and oxygen atoms in total. The van der Waals surface area contributed by atoms with Gasteiger partial charge in [-0.05, 0) is 124 Å². The third kappa shape index (κ3) is 7.83. The molecule has 53 heavy (non-hydrogen) atoms. The molecule has 4 fully saturated rings. The van der Waals surface area contributed by atoms with Crippen molar-refractivity contribution >= 4 is 33.2 Å². The van der Waals surface area contributed by atoms with E-state index in [4.69, 9.17) is 0 Å². The van der Waals surface area contributed by atoms with Crippen LogP contribution in [0.4, 0.5) is 20.6 Å². The Kier molecular flexibility index (Phi) is 10.9. The summed E-state index contributed by atoms with van der Waals surface area (Å²) in [6.07, 6.45) is 8.59. The lowest BCUT2D eigenvalue weighted by Crippen LogP contribution is -2.60. The highest BCUT2D eigenvalue weighted by Crippen LogP contribution is 2.51. The van der Waals surface area contributed by atoms with Crippen LogP contribution in [0.25, 0.3) is 0 Å². The molecule has 2 amide bonds. The molecule has 3 N–H and O–H groups in total. The van der Waals surface area contributed by atoms with E-state index >= 15 is 0 Å². The Balaban J connectivity index is 0.987. The van der Waals surface area contributed by atoms with E-state index in [2.05, 4.69) is 43.0 Å². The van der Waals surface area contributed by atoms with Gasteiger partial charge in [-0.1, -0.05) is 25.1 Å². The molecule has 0 radical (unpaired) electrons. The Morgan fingerprint density at radius 2 is 1.70 bits per heavy atom. The van der Waals surface area contributed by atoms with Crippen LogP contribution < -0.4 is 15.5 Å². The van der Waals surface area contributed by atoms with E-state index in [0.29, 0.717) is 11.8 Å². The van der Waals surface area contributed by atoms with Crippen LogP contribution in [-0.4, -0.2) is 98.7 Å². The van der Waals surface area contributed by atoms with Gasteiger partial charge in [0, 0.05) is 55.4 Å². The molecular weight excluding hydrogens is 696 g/mol. The van der Waals surface area contributed by atoms with Crippen molar-refractivity contribution in [2.75, 3.05) is 62.6 Å². The van der Waals surface area contributed by atoms with Crippen LogP contribution in [0.1, 0.15) is 44.1 Å². The lowest BCUT2D eigenvalue weighted by Gasteiger charge is -2.54. The van der Waals surface area contributed by atoms with Crippen molar-refractivity contribution in [3.05, 3.63) is 91.0 Å². The standard InChI is InChI=1S/C40H49FN6O5S/c1-2-38(48)43-32-21-35(23-42-22-32)53(51,52)34-12-10-33(11-13-34)47-25-28(26-47)24-45-18-14-29(15-19-45)40(27-46-16-5-17-46,30-6-3-7-31(41)20-30)36-8-4-9-37(36)44-39(49)50/h2-3,6-7,10-13,20-23,28-29,36-37,44H,1,4-5,8-9,14-19,24-27H2,(H,43,48)(H,49,50)/t36-,37-,40-/m0/s1. The second kappa shape index (κ2) is 15.6. The molecule has 13 heteroatoms. The minimum atomic E-state index is -3.84. The maximum absolute atomic E-state index is 14.9. The first-order valence-corrected chi connectivity index (χ1v) is 20.2. The monoisotopic (exact) mass is 744 g/mol. The number of nitrogens with zero attached hydrogens (tertiary/aromatic N) is 4. The van der Waals surface area contributed by atoms with Gasteiger partial charge in [0.05, 0.1) is 21.7 Å². The number of hydrogen-bond donors (Lipinski definition) is 3. The summed E-state index contributed by atoms with van der Waals surface area (Å²) in [6.45, 7) is 10.9. The SMILES string of the molecule is C=CC(=O)Nc1cncc(S(=O)(=O)c2ccc(N3CC(CN4CCC([C@@](CN5CCC5)(c5cccc(F)c5)[C@H]5CCC[C@@H]5NC(=O)O)CC4)C3)cc2)c1. The molecule has 1 aliphatic carbocycles. The number of likely N-dealkylation sites (tertiary alicyclic amines) is 2. The van der Waals surface area contributed by atoms with Gasteiger partial charge < -0.3 is 30.4 Å². The predicted molar refractivity (Wildman–Crippen MR) is 201 cm³/mol. The number of anilines is 2. The number of carbonyl (C=O) groups excluding carboxylic acids is 1. The normalized spacial score (nSPS) is 22.7. The maximum Gasteiger partial charge on any atom is 0.404 e. The van der Waals surface area contributed by atoms with Gasteiger partial charge in [0.1, 0.15) is 5.82 Å². The number of nitrogens with one attached hydrogen (secondary N) is 2. The highest BCUT2D eigenvalue weighted by molar-refractivity contribution is 7.91. The summed E-state index contributed by atoms with van der Waals surface area (Å²) < 4.78 is 41.6. The Morgan fingerprint density at radius 3 is 2.36 bits per heavy atom. The molecule has 3 saturated heterocycles. The van der Waals surface area contributed by atoms with E-state index in [1.165, 1.54) is 24.5 Å². The summed E-state index contributed by atoms with van der Waals surface area (Å²) in [5.74, 6) is 0.207. The first-order valence-electron chi connectivity index (χ1n) is 18.7. The van der Waals surface area contributed by atoms with Crippen molar-refractivity contribution in [2.24, 2.45) is 17.8 Å². The van der Waals surface area contributed by atoms with Gasteiger partial charge in [0.25, 0.3) is 0 Å². The van der Waals surface area contributed by atoms with E-state index in [9.17, 15) is 27.5 Å². The number of halogens is 1. The number of benzene rings is 2. The Morgan fingerprint density at radius 1 is 0.943 bits per heavy atom. The Hall–Kier alpha value is -4.33. The summed E-state index contributed by atoms with van der Waals surface area (Å²) in [5.41, 5.74) is 1.92. The quantitative estimate of drug-likeness (QED) is 0.197. The molecule has 1 saturated carbocycles. The molecule has 7 rings (SSSR count). The zero-order valence-electron chi connectivity index (χ0n) is 30.0. The minimum Gasteiger partial charge on any atom is -0.465 e. The summed E-state index contributed by atoms with van der Waals surface area (Å²) in [7, 11) is -3.84. The number of amides is 2. The van der Waals surface area contributed by atoms with Gasteiger partial charge >= 0.3 is 6.09 Å². The molecule has 0 bridgehead atoms. The van der Waals surface area contributed by atoms with Crippen LogP contribution in [0.3, 0.4) is 0 Å². The second-order valence-electron chi connectivity index (χ2n) is 15.2. The largest absolute Gasteiger partial charge is 0.465 e. The maximum atomic E-state index is 14.9. The van der Waals surface area contributed by atoms with Gasteiger partial charge in [-0.3, -0.25) is 9.78 Å². The second-order valence-corrected chi connectivity index (χ2v) is 17.2. The van der Waals surface area contributed by atoms with Gasteiger partial charge in [-0.15, -0.1) is 0 Å². The molecule has 0 unspecified atom stereocenters. The van der Waals surface area contributed by atoms with Crippen LogP contribution in [-0.2, 0) is 20.0 Å². The molecule has 3 atom stereocenters. The molecule has 0 spiro atoms. The topological polar surface area (TPSA) is 135 Å². The van der Waals surface area contributed by atoms with E-state index in [1.807, 2.05) is 18.2 Å². The van der Waals surface area contributed by atoms with E-state index in [-0.39, 0.29) is 38.7 Å². The van der Waals surface area contributed by atoms with Crippen molar-refractivity contribution in [3.63, 3.8) is 0 Å². The van der Waals surface area contributed by atoms with Gasteiger partial charge in [0.15, 0.2) is 0 Å². The van der Waals surface area contributed by atoms with Gasteiger partial charge in [-0.2, -0.15) is 0 Å². The molecule has 3 aromatic rings. The number of piperidine rings is 1. The van der Waals surface area contributed by atoms with Gasteiger partial charge in [-0.25, -0.2) is 17.6 Å². The zero-order chi connectivity index (χ0) is 37.2. The lowest BCUT2D eigenvalue weighted by atomic mass is 9.57. The summed E-state index contributed by atoms with van der Waals surface area (Å²) in [4.78, 5) is 35.0. The Bertz CT molecular complexity index is 1910. The number of pyridine rings is 1. The van der Waals surface area contributed by atoms with Crippen LogP contribution in [0.5, 0.6) is 0 Å². The number of hydrogen-bond acceptors (Lipinski definition) is 8. The highest BCUT2D eigenvalue weighted by Gasteiger charge is 2.53. The first-order chi connectivity index (χ1) is 25.5. The highest BCUT2D eigenvalue weighted by atomic mass is 32.2. The molecule has 4 aliphatic rings. The molecule has 1 aromatic heterocycles. The minimum absolute atomic E-state index is 0.00592. The van der Waals surface area contributed by atoms with Crippen LogP contribution in [0, 0.1) is 23.6 Å². The molecule has 3 aliphatic heterocycles. The van der Waals surface area contributed by atoms with Crippen molar-refractivity contribution in [2.45, 2.75) is 59.8 Å². The number of rotatable bonds is 13. The summed E-state index contributed by atoms with van der Waals surface area (Å²) in [5, 5.41) is 15.2. The third-order valence-electron chi connectivity index (χ3n) is 12.1. The summed E-state index contributed by atoms with van der Waals surface area (Å²) in [6, 6.07) is 15.3. The molecule has 4 heterocycles. The van der Waals surface area contributed by atoms with Crippen molar-refractivity contribution in [1.82, 2.24) is 20.1 Å². The fourth-order valence-corrected chi connectivity index (χ4v) is 10.6. The van der Waals surface area contributed by atoms with Crippen LogP contribution >= 0.6 is 0 Å². The smallest absolute Gasteiger partial charge is 0.404 e. The van der Waals surface area contributed by atoms with Crippen LogP contribution in [0.15, 0.2) is 89.4 Å². The van der Waals surface area contributed by atoms with Crippen molar-refractivity contribution in [3.8, 4) is 0 Å². The van der Waals surface area contributed by atoms with E-state index < -0.39 is 21.8 Å². The average molecular weight is 745 g/mol. The molecule has 2 aromatic carbocycles. The van der Waals surface area contributed by atoms with Crippen LogP contribution in [0.2, 0.25) is 0 Å². The molecule has 282 valence electrons. The summed E-state index contributed by atoms with van der Waals surface area (Å²) >= 11 is 0. The Labute approximate surface area is 311 Å². The first kappa shape index (κ1) is 37.0. The third-order valence-corrected chi connectivity index (χ3v) is 13.8. The number of sulfone groups is 1. The fraction of sp³-hybridized carbons (Fsp3) is 0.475. The number of aromatic nitrogens is 1. The van der Waals surface area contributed by atoms with Gasteiger partial charge in [0.2, 0.25) is 15.7 Å². The lowest BCUT2D eigenvalue weighted by molar-refractivity contribution is -0.111.